The fourth-order valence-corrected chi connectivity index (χ4v) is 1.27. The van der Waals surface area contributed by atoms with Crippen molar-refractivity contribution in [3.63, 3.8) is 0 Å². The van der Waals surface area contributed by atoms with E-state index in [1.54, 1.807) is 6.92 Å². The average molecular weight is 184 g/mol. The van der Waals surface area contributed by atoms with E-state index < -0.39 is 0 Å². The summed E-state index contributed by atoms with van der Waals surface area (Å²) in [6.07, 6.45) is 4.32. The van der Waals surface area contributed by atoms with E-state index >= 15 is 0 Å². The first-order valence-electron chi connectivity index (χ1n) is 5.31. The lowest BCUT2D eigenvalue weighted by atomic mass is 9.86. The molecule has 0 heterocycles. The first kappa shape index (κ1) is 12.7. The zero-order valence-corrected chi connectivity index (χ0v) is 9.81. The van der Waals surface area contributed by atoms with Gasteiger partial charge >= 0.3 is 0 Å². The zero-order chi connectivity index (χ0) is 10.5. The van der Waals surface area contributed by atoms with Crippen LogP contribution in [-0.2, 0) is 4.79 Å². The summed E-state index contributed by atoms with van der Waals surface area (Å²) in [6.45, 7) is 10.7. The van der Waals surface area contributed by atoms with Crippen molar-refractivity contribution in [1.29, 1.82) is 0 Å². The number of rotatable bonds is 5. The molecule has 1 unspecified atom stereocenters. The fourth-order valence-electron chi connectivity index (χ4n) is 1.27. The van der Waals surface area contributed by atoms with Crippen molar-refractivity contribution in [1.82, 2.24) is 0 Å². The van der Waals surface area contributed by atoms with Crippen LogP contribution in [0.25, 0.3) is 0 Å². The number of carbonyl (C=O) groups excluding carboxylic acids is 1. The summed E-state index contributed by atoms with van der Waals surface area (Å²) in [5, 5.41) is 0. The molecule has 0 N–H and O–H groups in total. The molecule has 0 spiro atoms. The van der Waals surface area contributed by atoms with Crippen molar-refractivity contribution in [2.75, 3.05) is 0 Å². The second kappa shape index (κ2) is 5.41. The minimum atomic E-state index is 0.322. The molecule has 0 fully saturated rings. The monoisotopic (exact) mass is 184 g/mol. The van der Waals surface area contributed by atoms with Gasteiger partial charge in [0, 0.05) is 6.42 Å². The molecule has 0 aromatic heterocycles. The van der Waals surface area contributed by atoms with Crippen LogP contribution in [0.3, 0.4) is 0 Å². The molecule has 0 radical (unpaired) electrons. The predicted octanol–water partition coefficient (Wildman–Crippen LogP) is 3.82. The van der Waals surface area contributed by atoms with Crippen LogP contribution in [0.4, 0.5) is 0 Å². The third-order valence-corrected chi connectivity index (χ3v) is 2.38. The molecule has 1 atom stereocenters. The fraction of sp³-hybridized carbons (Fsp3) is 0.917. The Kier molecular flexibility index (Phi) is 5.27. The molecule has 0 saturated heterocycles. The highest BCUT2D eigenvalue weighted by Crippen LogP contribution is 2.25. The van der Waals surface area contributed by atoms with E-state index in [1.165, 1.54) is 12.8 Å². The summed E-state index contributed by atoms with van der Waals surface area (Å²) in [5.41, 5.74) is 0.435. The van der Waals surface area contributed by atoms with Crippen LogP contribution in [0.2, 0.25) is 0 Å². The van der Waals surface area contributed by atoms with Gasteiger partial charge in [-0.25, -0.2) is 0 Å². The molecule has 0 aliphatic carbocycles. The van der Waals surface area contributed by atoms with Gasteiger partial charge in [0.15, 0.2) is 0 Å². The van der Waals surface area contributed by atoms with Crippen LogP contribution in [0, 0.1) is 11.3 Å². The van der Waals surface area contributed by atoms with Crippen molar-refractivity contribution in [3.05, 3.63) is 0 Å². The van der Waals surface area contributed by atoms with Gasteiger partial charge in [0.25, 0.3) is 0 Å². The third kappa shape index (κ3) is 9.59. The molecule has 1 nitrogen and oxygen atoms in total. The van der Waals surface area contributed by atoms with Crippen LogP contribution < -0.4 is 0 Å². The Morgan fingerprint density at radius 2 is 1.77 bits per heavy atom. The van der Waals surface area contributed by atoms with Crippen LogP contribution >= 0.6 is 0 Å². The zero-order valence-electron chi connectivity index (χ0n) is 9.81. The summed E-state index contributed by atoms with van der Waals surface area (Å²) >= 11 is 0. The van der Waals surface area contributed by atoms with Crippen molar-refractivity contribution in [2.45, 2.75) is 60.3 Å². The summed E-state index contributed by atoms with van der Waals surface area (Å²) in [6, 6.07) is 0. The number of carbonyl (C=O) groups is 1. The van der Waals surface area contributed by atoms with Crippen molar-refractivity contribution in [2.24, 2.45) is 11.3 Å². The van der Waals surface area contributed by atoms with Gasteiger partial charge in [0.05, 0.1) is 0 Å². The van der Waals surface area contributed by atoms with Crippen LogP contribution in [0.1, 0.15) is 60.3 Å². The normalized spacial score (nSPS) is 14.2. The van der Waals surface area contributed by atoms with Crippen molar-refractivity contribution < 1.29 is 4.79 Å². The second-order valence-electron chi connectivity index (χ2n) is 5.45. The molecule has 0 aliphatic heterocycles. The van der Waals surface area contributed by atoms with E-state index in [9.17, 15) is 4.79 Å². The van der Waals surface area contributed by atoms with Gasteiger partial charge in [0.2, 0.25) is 0 Å². The number of Topliss-reactive ketones (excluding diaryl/α,β-unsaturated/α-hetero) is 1. The maximum absolute atomic E-state index is 10.7. The molecule has 0 amide bonds. The van der Waals surface area contributed by atoms with Crippen molar-refractivity contribution in [3.8, 4) is 0 Å². The molecule has 0 aliphatic rings. The Balaban J connectivity index is 3.52. The second-order valence-corrected chi connectivity index (χ2v) is 5.45. The Hall–Kier alpha value is -0.330. The van der Waals surface area contributed by atoms with Gasteiger partial charge in [-0.15, -0.1) is 0 Å². The minimum Gasteiger partial charge on any atom is -0.300 e. The van der Waals surface area contributed by atoms with Crippen LogP contribution in [-0.4, -0.2) is 5.78 Å². The van der Waals surface area contributed by atoms with Crippen LogP contribution in [0.15, 0.2) is 0 Å². The highest BCUT2D eigenvalue weighted by atomic mass is 16.1. The van der Waals surface area contributed by atoms with E-state index in [4.69, 9.17) is 0 Å². The topological polar surface area (TPSA) is 17.1 Å². The molecule has 0 aromatic carbocycles. The van der Waals surface area contributed by atoms with Gasteiger partial charge in [-0.05, 0) is 31.1 Å². The number of hydrogen-bond acceptors (Lipinski definition) is 1. The molecular formula is C12H24O. The SMILES string of the molecule is CC(=O)CCC(C)CCC(C)(C)C. The minimum absolute atomic E-state index is 0.322. The van der Waals surface area contributed by atoms with Gasteiger partial charge < -0.3 is 4.79 Å². The molecule has 13 heavy (non-hydrogen) atoms. The molecular weight excluding hydrogens is 160 g/mol. The summed E-state index contributed by atoms with van der Waals surface area (Å²) in [4.78, 5) is 10.7. The lowest BCUT2D eigenvalue weighted by Gasteiger charge is -2.20. The van der Waals surface area contributed by atoms with E-state index in [1.807, 2.05) is 0 Å². The smallest absolute Gasteiger partial charge is 0.129 e. The molecule has 1 heteroatoms. The van der Waals surface area contributed by atoms with Gasteiger partial charge in [0.1, 0.15) is 5.78 Å². The first-order valence-corrected chi connectivity index (χ1v) is 5.31. The largest absolute Gasteiger partial charge is 0.300 e. The lowest BCUT2D eigenvalue weighted by molar-refractivity contribution is -0.117. The molecule has 78 valence electrons. The lowest BCUT2D eigenvalue weighted by Crippen LogP contribution is -2.08. The number of ketones is 1. The van der Waals surface area contributed by atoms with Crippen molar-refractivity contribution >= 4 is 5.78 Å². The average Bonchev–Trinajstić information content (AvgIpc) is 1.95. The Bertz CT molecular complexity index is 153. The predicted molar refractivity (Wildman–Crippen MR) is 57.8 cm³/mol. The number of hydrogen-bond donors (Lipinski definition) is 0. The molecule has 0 aromatic rings. The van der Waals surface area contributed by atoms with Gasteiger partial charge in [-0.3, -0.25) is 0 Å². The third-order valence-electron chi connectivity index (χ3n) is 2.38. The molecule has 0 bridgehead atoms. The van der Waals surface area contributed by atoms with Gasteiger partial charge in [-0.1, -0.05) is 34.1 Å². The summed E-state index contributed by atoms with van der Waals surface area (Å²) < 4.78 is 0. The molecule has 0 rings (SSSR count). The quantitative estimate of drug-likeness (QED) is 0.635. The standard InChI is InChI=1S/C12H24O/c1-10(6-7-11(2)13)8-9-12(3,4)5/h10H,6-9H2,1-5H3. The Labute approximate surface area is 82.9 Å². The van der Waals surface area contributed by atoms with Gasteiger partial charge in [-0.2, -0.15) is 0 Å². The molecule has 0 saturated carbocycles. The summed E-state index contributed by atoms with van der Waals surface area (Å²) in [5.74, 6) is 1.02. The maximum Gasteiger partial charge on any atom is 0.129 e. The van der Waals surface area contributed by atoms with Crippen LogP contribution in [0.5, 0.6) is 0 Å². The maximum atomic E-state index is 10.7. The van der Waals surface area contributed by atoms with E-state index in [2.05, 4.69) is 27.7 Å². The Morgan fingerprint density at radius 1 is 1.23 bits per heavy atom. The first-order chi connectivity index (χ1) is 5.81. The summed E-state index contributed by atoms with van der Waals surface area (Å²) in [7, 11) is 0. The van der Waals surface area contributed by atoms with E-state index in [0.717, 1.165) is 12.8 Å². The highest BCUT2D eigenvalue weighted by Gasteiger charge is 2.12. The van der Waals surface area contributed by atoms with E-state index in [-0.39, 0.29) is 0 Å². The van der Waals surface area contributed by atoms with E-state index in [0.29, 0.717) is 17.1 Å². The Morgan fingerprint density at radius 3 is 2.15 bits per heavy atom. The highest BCUT2D eigenvalue weighted by molar-refractivity contribution is 5.75.